The maximum Gasteiger partial charge on any atom is 0.185 e. The highest BCUT2D eigenvalue weighted by molar-refractivity contribution is 6.06. The van der Waals surface area contributed by atoms with Crippen molar-refractivity contribution in [2.24, 2.45) is 0 Å². The molecule has 0 N–H and O–H groups in total. The zero-order valence-electron chi connectivity index (χ0n) is 27.9. The summed E-state index contributed by atoms with van der Waals surface area (Å²) < 4.78 is 24.7. The molecule has 3 nitrogen and oxygen atoms in total. The zero-order valence-corrected chi connectivity index (χ0v) is 27.9. The second kappa shape index (κ2) is 23.8. The lowest BCUT2D eigenvalue weighted by Gasteiger charge is -2.07. The SMILES string of the molecule is C=Cc1ccc(COCCCCCCCCCCCCCCCCCCOc2ccc(/C=C/C(=O)c3ccc(F)cc3)cc2)cc1. The largest absolute Gasteiger partial charge is 0.494 e. The molecule has 0 heterocycles. The Kier molecular flexibility index (Phi) is 19.1. The first-order valence-electron chi connectivity index (χ1n) is 17.6. The lowest BCUT2D eigenvalue weighted by molar-refractivity contribution is 0.104. The van der Waals surface area contributed by atoms with Gasteiger partial charge >= 0.3 is 0 Å². The predicted octanol–water partition coefficient (Wildman–Crippen LogP) is 12.2. The smallest absolute Gasteiger partial charge is 0.185 e. The van der Waals surface area contributed by atoms with E-state index >= 15 is 0 Å². The molecular formula is C42H55FO3. The third kappa shape index (κ3) is 16.7. The van der Waals surface area contributed by atoms with Crippen LogP contribution in [0.2, 0.25) is 0 Å². The molecule has 0 unspecified atom stereocenters. The fourth-order valence-electron chi connectivity index (χ4n) is 5.47. The van der Waals surface area contributed by atoms with Gasteiger partial charge in [-0.2, -0.15) is 0 Å². The molecule has 3 rings (SSSR count). The first-order chi connectivity index (χ1) is 22.6. The van der Waals surface area contributed by atoms with Gasteiger partial charge in [0.2, 0.25) is 0 Å². The summed E-state index contributed by atoms with van der Waals surface area (Å²) >= 11 is 0. The van der Waals surface area contributed by atoms with Crippen molar-refractivity contribution in [3.05, 3.63) is 114 Å². The summed E-state index contributed by atoms with van der Waals surface area (Å²) in [5, 5.41) is 0. The first kappa shape index (κ1) is 37.0. The number of rotatable bonds is 26. The van der Waals surface area contributed by atoms with Gasteiger partial charge in [0.05, 0.1) is 13.2 Å². The van der Waals surface area contributed by atoms with E-state index in [0.717, 1.165) is 36.5 Å². The minimum atomic E-state index is -0.345. The van der Waals surface area contributed by atoms with E-state index in [9.17, 15) is 9.18 Å². The Morgan fingerprint density at radius 2 is 1.07 bits per heavy atom. The van der Waals surface area contributed by atoms with Gasteiger partial charge in [-0.15, -0.1) is 0 Å². The highest BCUT2D eigenvalue weighted by Crippen LogP contribution is 2.17. The van der Waals surface area contributed by atoms with Crippen LogP contribution in [-0.2, 0) is 11.3 Å². The van der Waals surface area contributed by atoms with Crippen LogP contribution in [0.4, 0.5) is 4.39 Å². The molecule has 0 saturated carbocycles. The van der Waals surface area contributed by atoms with E-state index in [1.54, 1.807) is 6.08 Å². The van der Waals surface area contributed by atoms with Gasteiger partial charge in [0, 0.05) is 12.2 Å². The van der Waals surface area contributed by atoms with Gasteiger partial charge in [0.1, 0.15) is 11.6 Å². The van der Waals surface area contributed by atoms with Crippen molar-refractivity contribution in [1.82, 2.24) is 0 Å². The lowest BCUT2D eigenvalue weighted by Crippen LogP contribution is -1.97. The second-order valence-electron chi connectivity index (χ2n) is 12.3. The van der Waals surface area contributed by atoms with E-state index in [-0.39, 0.29) is 11.6 Å². The maximum absolute atomic E-state index is 13.0. The third-order valence-electron chi connectivity index (χ3n) is 8.37. The van der Waals surface area contributed by atoms with Crippen molar-refractivity contribution in [2.45, 2.75) is 109 Å². The summed E-state index contributed by atoms with van der Waals surface area (Å²) in [5.41, 5.74) is 3.79. The number of halogens is 1. The Hall–Kier alpha value is -3.50. The average molecular weight is 627 g/mol. The lowest BCUT2D eigenvalue weighted by atomic mass is 10.0. The van der Waals surface area contributed by atoms with Crippen molar-refractivity contribution in [3.63, 3.8) is 0 Å². The second-order valence-corrected chi connectivity index (χ2v) is 12.3. The summed E-state index contributed by atoms with van der Waals surface area (Å²) in [4.78, 5) is 12.2. The van der Waals surface area contributed by atoms with Gasteiger partial charge in [0.25, 0.3) is 0 Å². The van der Waals surface area contributed by atoms with Crippen LogP contribution >= 0.6 is 0 Å². The first-order valence-corrected chi connectivity index (χ1v) is 17.6. The molecule has 46 heavy (non-hydrogen) atoms. The van der Waals surface area contributed by atoms with Crippen molar-refractivity contribution < 1.29 is 18.7 Å². The molecule has 0 amide bonds. The molecule has 248 valence electrons. The topological polar surface area (TPSA) is 35.5 Å². The highest BCUT2D eigenvalue weighted by Gasteiger charge is 2.02. The Morgan fingerprint density at radius 3 is 1.59 bits per heavy atom. The number of ketones is 1. The zero-order chi connectivity index (χ0) is 32.5. The van der Waals surface area contributed by atoms with Crippen molar-refractivity contribution in [2.75, 3.05) is 13.2 Å². The predicted molar refractivity (Wildman–Crippen MR) is 192 cm³/mol. The molecule has 0 aliphatic rings. The molecule has 0 aromatic heterocycles. The number of hydrogen-bond donors (Lipinski definition) is 0. The Bertz CT molecular complexity index is 1250. The van der Waals surface area contributed by atoms with Gasteiger partial charge in [0.15, 0.2) is 5.78 Å². The summed E-state index contributed by atoms with van der Waals surface area (Å²) in [5.74, 6) is 0.362. The number of benzene rings is 3. The van der Waals surface area contributed by atoms with Gasteiger partial charge in [-0.05, 0) is 72.0 Å². The molecule has 3 aromatic carbocycles. The molecule has 0 bridgehead atoms. The molecule has 4 heteroatoms. The quantitative estimate of drug-likeness (QED) is 0.0505. The van der Waals surface area contributed by atoms with Crippen molar-refractivity contribution >= 4 is 17.9 Å². The normalized spacial score (nSPS) is 11.2. The van der Waals surface area contributed by atoms with Crippen LogP contribution in [0.3, 0.4) is 0 Å². The molecule has 0 aliphatic carbocycles. The standard InChI is InChI=1S/C42H55FO3/c1-2-36-19-21-38(22-20-36)35-45-33-17-15-13-11-9-7-5-3-4-6-8-10-12-14-16-18-34-46-41-30-23-37(24-31-41)25-32-42(44)39-26-28-40(43)29-27-39/h2,19-32H,1,3-18,33-35H2/b32-25+. The molecular weight excluding hydrogens is 571 g/mol. The van der Waals surface area contributed by atoms with Crippen LogP contribution in [0.1, 0.15) is 130 Å². The molecule has 0 aliphatic heterocycles. The van der Waals surface area contributed by atoms with E-state index in [2.05, 4.69) is 30.8 Å². The molecule has 0 atom stereocenters. The van der Waals surface area contributed by atoms with E-state index in [4.69, 9.17) is 9.47 Å². The van der Waals surface area contributed by atoms with Crippen LogP contribution < -0.4 is 4.74 Å². The molecule has 0 saturated heterocycles. The van der Waals surface area contributed by atoms with Gasteiger partial charge in [-0.25, -0.2) is 4.39 Å². The number of unbranched alkanes of at least 4 members (excludes halogenated alkanes) is 15. The van der Waals surface area contributed by atoms with Gasteiger partial charge < -0.3 is 9.47 Å². The summed E-state index contributed by atoms with van der Waals surface area (Å²) in [6.07, 6.45) is 26.2. The highest BCUT2D eigenvalue weighted by atomic mass is 19.1. The summed E-state index contributed by atoms with van der Waals surface area (Å²) in [6.45, 7) is 6.10. The number of ether oxygens (including phenoxy) is 2. The van der Waals surface area contributed by atoms with Crippen LogP contribution in [0, 0.1) is 5.82 Å². The van der Waals surface area contributed by atoms with E-state index in [1.807, 2.05) is 30.3 Å². The van der Waals surface area contributed by atoms with Crippen molar-refractivity contribution in [3.8, 4) is 5.75 Å². The monoisotopic (exact) mass is 626 g/mol. The fourth-order valence-corrected chi connectivity index (χ4v) is 5.47. The summed E-state index contributed by atoms with van der Waals surface area (Å²) in [6, 6.07) is 21.8. The minimum Gasteiger partial charge on any atom is -0.494 e. The van der Waals surface area contributed by atoms with Crippen LogP contribution in [0.25, 0.3) is 12.2 Å². The van der Waals surface area contributed by atoms with Crippen LogP contribution in [0.5, 0.6) is 5.75 Å². The van der Waals surface area contributed by atoms with Crippen LogP contribution in [-0.4, -0.2) is 19.0 Å². The molecule has 3 aromatic rings. The van der Waals surface area contributed by atoms with Gasteiger partial charge in [-0.3, -0.25) is 4.79 Å². The number of carbonyl (C=O) groups is 1. The van der Waals surface area contributed by atoms with Gasteiger partial charge in [-0.1, -0.05) is 145 Å². The average Bonchev–Trinajstić information content (AvgIpc) is 3.09. The number of carbonyl (C=O) groups excluding carboxylic acids is 1. The van der Waals surface area contributed by atoms with E-state index in [1.165, 1.54) is 132 Å². The number of allylic oxidation sites excluding steroid dienone is 1. The Balaban J connectivity index is 1.03. The minimum absolute atomic E-state index is 0.144. The van der Waals surface area contributed by atoms with Crippen LogP contribution in [0.15, 0.2) is 85.5 Å². The van der Waals surface area contributed by atoms with E-state index < -0.39 is 0 Å². The van der Waals surface area contributed by atoms with Crippen molar-refractivity contribution in [1.29, 1.82) is 0 Å². The summed E-state index contributed by atoms with van der Waals surface area (Å²) in [7, 11) is 0. The molecule has 0 fully saturated rings. The fraction of sp³-hybridized carbons (Fsp3) is 0.452. The Labute approximate surface area is 277 Å². The Morgan fingerprint density at radius 1 is 0.587 bits per heavy atom. The maximum atomic E-state index is 13.0. The molecule has 0 radical (unpaired) electrons. The third-order valence-corrected chi connectivity index (χ3v) is 8.37. The van der Waals surface area contributed by atoms with E-state index in [0.29, 0.717) is 12.2 Å². The number of hydrogen-bond acceptors (Lipinski definition) is 3. The molecule has 0 spiro atoms.